The molecule has 20 heavy (non-hydrogen) atoms. The van der Waals surface area contributed by atoms with Crippen LogP contribution in [0.25, 0.3) is 0 Å². The van der Waals surface area contributed by atoms with Gasteiger partial charge in [0.15, 0.2) is 0 Å². The van der Waals surface area contributed by atoms with Crippen molar-refractivity contribution < 1.29 is 13.2 Å². The molecule has 0 saturated heterocycles. The van der Waals surface area contributed by atoms with Gasteiger partial charge in [-0.15, -0.1) is 5.10 Å². The van der Waals surface area contributed by atoms with E-state index >= 15 is 0 Å². The molecular weight excluding hydrogens is 293 g/mol. The highest BCUT2D eigenvalue weighted by Gasteiger charge is 2.34. The zero-order valence-electron chi connectivity index (χ0n) is 10.4. The minimum absolute atomic E-state index is 0.270. The average Bonchev–Trinajstić information content (AvgIpc) is 2.78. The predicted octanol–water partition coefficient (Wildman–Crippen LogP) is 2.20. The molecule has 9 heteroatoms. The number of hydrogen-bond donors (Lipinski definition) is 1. The summed E-state index contributed by atoms with van der Waals surface area (Å²) < 4.78 is 43.0. The lowest BCUT2D eigenvalue weighted by Crippen LogP contribution is -2.28. The van der Waals surface area contributed by atoms with E-state index in [0.29, 0.717) is 21.8 Å². The third-order valence-corrected chi connectivity index (χ3v) is 3.27. The van der Waals surface area contributed by atoms with Gasteiger partial charge in [-0.3, -0.25) is 9.36 Å². The summed E-state index contributed by atoms with van der Waals surface area (Å²) in [5.74, 6) is 0. The number of halogens is 3. The Morgan fingerprint density at radius 2 is 2.15 bits per heavy atom. The molecule has 5 nitrogen and oxygen atoms in total. The van der Waals surface area contributed by atoms with Crippen molar-refractivity contribution in [1.29, 1.82) is 0 Å². The van der Waals surface area contributed by atoms with Gasteiger partial charge in [0.05, 0.1) is 6.54 Å². The first-order valence-corrected chi connectivity index (χ1v) is 6.53. The van der Waals surface area contributed by atoms with Gasteiger partial charge in [0, 0.05) is 24.1 Å². The number of anilines is 1. The molecule has 0 radical (unpaired) electrons. The van der Waals surface area contributed by atoms with Crippen LogP contribution in [0.15, 0.2) is 23.0 Å². The van der Waals surface area contributed by atoms with Crippen LogP contribution in [-0.2, 0) is 12.7 Å². The Kier molecular flexibility index (Phi) is 4.07. The summed E-state index contributed by atoms with van der Waals surface area (Å²) in [6.45, 7) is 2.17. The lowest BCUT2D eigenvalue weighted by atomic mass is 10.3. The Bertz CT molecular complexity index is 650. The first-order chi connectivity index (χ1) is 9.43. The molecule has 0 atom stereocenters. The lowest BCUT2D eigenvalue weighted by Gasteiger charge is -2.14. The number of hydrogen-bond acceptors (Lipinski definition) is 5. The highest BCUT2D eigenvalue weighted by atomic mass is 32.1. The monoisotopic (exact) mass is 304 g/mol. The molecule has 2 heterocycles. The maximum absolute atomic E-state index is 12.9. The molecule has 108 valence electrons. The minimum Gasteiger partial charge on any atom is -0.374 e. The lowest BCUT2D eigenvalue weighted by molar-refractivity contribution is -0.144. The Labute approximate surface area is 116 Å². The molecule has 0 saturated carbocycles. The van der Waals surface area contributed by atoms with Crippen molar-refractivity contribution in [3.8, 4) is 0 Å². The zero-order valence-corrected chi connectivity index (χ0v) is 11.3. The summed E-state index contributed by atoms with van der Waals surface area (Å²) >= 11 is 1.04. The Balaban J connectivity index is 2.43. The largest absolute Gasteiger partial charge is 0.431 e. The second-order valence-corrected chi connectivity index (χ2v) is 4.67. The third-order valence-electron chi connectivity index (χ3n) is 2.54. The molecular formula is C11H11F3N4OS. The molecule has 0 spiro atoms. The second-order valence-electron chi connectivity index (χ2n) is 3.91. The van der Waals surface area contributed by atoms with Crippen molar-refractivity contribution in [1.82, 2.24) is 14.2 Å². The molecule has 0 unspecified atom stereocenters. The van der Waals surface area contributed by atoms with Crippen molar-refractivity contribution in [2.24, 2.45) is 0 Å². The van der Waals surface area contributed by atoms with Gasteiger partial charge < -0.3 is 5.32 Å². The van der Waals surface area contributed by atoms with Crippen LogP contribution >= 0.6 is 11.5 Å². The Morgan fingerprint density at radius 3 is 2.80 bits per heavy atom. The maximum atomic E-state index is 12.9. The van der Waals surface area contributed by atoms with E-state index in [1.807, 2.05) is 6.92 Å². The van der Waals surface area contributed by atoms with Gasteiger partial charge >= 0.3 is 6.18 Å². The van der Waals surface area contributed by atoms with Crippen LogP contribution in [0.5, 0.6) is 0 Å². The third kappa shape index (κ3) is 2.98. The van der Waals surface area contributed by atoms with Crippen molar-refractivity contribution in [3.63, 3.8) is 0 Å². The zero-order chi connectivity index (χ0) is 14.8. The second kappa shape index (κ2) is 5.61. The van der Waals surface area contributed by atoms with Crippen LogP contribution in [-0.4, -0.2) is 20.7 Å². The van der Waals surface area contributed by atoms with E-state index in [9.17, 15) is 18.0 Å². The topological polar surface area (TPSA) is 59.8 Å². The van der Waals surface area contributed by atoms with E-state index in [-0.39, 0.29) is 6.54 Å². The smallest absolute Gasteiger partial charge is 0.374 e. The van der Waals surface area contributed by atoms with Gasteiger partial charge in [0.25, 0.3) is 5.56 Å². The number of nitrogens with one attached hydrogen (secondary N) is 1. The summed E-state index contributed by atoms with van der Waals surface area (Å²) in [5.41, 5.74) is -1.41. The van der Waals surface area contributed by atoms with Crippen LogP contribution in [0.2, 0.25) is 0 Å². The van der Waals surface area contributed by atoms with E-state index in [2.05, 4.69) is 14.9 Å². The van der Waals surface area contributed by atoms with Crippen molar-refractivity contribution in [3.05, 3.63) is 39.9 Å². The van der Waals surface area contributed by atoms with E-state index in [1.165, 1.54) is 0 Å². The first-order valence-electron chi connectivity index (χ1n) is 5.75. The highest BCUT2D eigenvalue weighted by molar-refractivity contribution is 7.10. The van der Waals surface area contributed by atoms with Crippen molar-refractivity contribution in [2.75, 3.05) is 11.9 Å². The maximum Gasteiger partial charge on any atom is 0.431 e. The van der Waals surface area contributed by atoms with Crippen molar-refractivity contribution >= 4 is 16.5 Å². The fourth-order valence-corrected chi connectivity index (χ4v) is 2.33. The molecule has 0 aromatic carbocycles. The first kappa shape index (κ1) is 14.5. The van der Waals surface area contributed by atoms with Crippen LogP contribution in [0.3, 0.4) is 0 Å². The summed E-state index contributed by atoms with van der Waals surface area (Å²) in [4.78, 5) is 11.7. The SMILES string of the molecule is CCNc1snnc1Cn1c(C(F)(F)F)cccc1=O. The molecule has 0 aliphatic rings. The number of pyridine rings is 1. The van der Waals surface area contributed by atoms with Crippen LogP contribution in [0.1, 0.15) is 18.3 Å². The van der Waals surface area contributed by atoms with Gasteiger partial charge in [-0.1, -0.05) is 10.6 Å². The van der Waals surface area contributed by atoms with E-state index in [1.54, 1.807) is 0 Å². The van der Waals surface area contributed by atoms with Gasteiger partial charge in [0.2, 0.25) is 0 Å². The number of rotatable bonds is 4. The van der Waals surface area contributed by atoms with Gasteiger partial charge in [-0.2, -0.15) is 13.2 Å². The van der Waals surface area contributed by atoms with E-state index < -0.39 is 17.4 Å². The fourth-order valence-electron chi connectivity index (χ4n) is 1.69. The average molecular weight is 304 g/mol. The summed E-state index contributed by atoms with van der Waals surface area (Å²) in [5, 5.41) is 7.29. The number of nitrogens with zero attached hydrogens (tertiary/aromatic N) is 3. The molecule has 1 N–H and O–H groups in total. The van der Waals surface area contributed by atoms with Gasteiger partial charge in [-0.05, 0) is 13.0 Å². The summed E-state index contributed by atoms with van der Waals surface area (Å²) in [6, 6.07) is 3.04. The molecule has 0 bridgehead atoms. The normalized spacial score (nSPS) is 11.6. The molecule has 2 rings (SSSR count). The summed E-state index contributed by atoms with van der Waals surface area (Å²) in [6.07, 6.45) is -4.60. The molecule has 0 aliphatic carbocycles. The molecule has 2 aromatic heterocycles. The molecule has 0 fully saturated rings. The Hall–Kier alpha value is -1.90. The van der Waals surface area contributed by atoms with Crippen molar-refractivity contribution in [2.45, 2.75) is 19.6 Å². The minimum atomic E-state index is -4.60. The summed E-state index contributed by atoms with van der Waals surface area (Å²) in [7, 11) is 0. The van der Waals surface area contributed by atoms with Gasteiger partial charge in [-0.25, -0.2) is 0 Å². The number of aromatic nitrogens is 3. The molecule has 2 aromatic rings. The fraction of sp³-hybridized carbons (Fsp3) is 0.364. The number of alkyl halides is 3. The van der Waals surface area contributed by atoms with Gasteiger partial charge in [0.1, 0.15) is 16.4 Å². The van der Waals surface area contributed by atoms with Crippen LogP contribution in [0.4, 0.5) is 18.2 Å². The Morgan fingerprint density at radius 1 is 1.40 bits per heavy atom. The quantitative estimate of drug-likeness (QED) is 0.940. The highest BCUT2D eigenvalue weighted by Crippen LogP contribution is 2.29. The predicted molar refractivity (Wildman–Crippen MR) is 68.9 cm³/mol. The van der Waals surface area contributed by atoms with E-state index in [0.717, 1.165) is 29.7 Å². The van der Waals surface area contributed by atoms with Crippen LogP contribution < -0.4 is 10.9 Å². The van der Waals surface area contributed by atoms with Crippen LogP contribution in [0, 0.1) is 0 Å². The van der Waals surface area contributed by atoms with E-state index in [4.69, 9.17) is 0 Å². The standard InChI is InChI=1S/C11H11F3N4OS/c1-2-15-10-7(16-17-20-10)6-18-8(11(12,13)14)4-3-5-9(18)19/h3-5,15H,2,6H2,1H3. The molecule has 0 aliphatic heterocycles. The molecule has 0 amide bonds.